The van der Waals surface area contributed by atoms with Gasteiger partial charge in [0.2, 0.25) is 0 Å². The van der Waals surface area contributed by atoms with Gasteiger partial charge >= 0.3 is 0 Å². The number of likely N-dealkylation sites (tertiary alicyclic amines) is 1. The van der Waals surface area contributed by atoms with Crippen LogP contribution in [0.25, 0.3) is 0 Å². The van der Waals surface area contributed by atoms with E-state index in [2.05, 4.69) is 68.1 Å². The third kappa shape index (κ3) is 3.74. The minimum atomic E-state index is -0.0205. The number of benzene rings is 2. The molecule has 4 nitrogen and oxygen atoms in total. The fraction of sp³-hybridized carbons (Fsp3) is 0.417. The summed E-state index contributed by atoms with van der Waals surface area (Å²) in [6.45, 7) is 8.87. The molecule has 2 aromatic carbocycles. The molecule has 2 aliphatic rings. The molecule has 2 aromatic rings. The second-order valence-electron chi connectivity index (χ2n) is 8.14. The quantitative estimate of drug-likeness (QED) is 0.795. The molecule has 0 aliphatic carbocycles. The van der Waals surface area contributed by atoms with Crippen LogP contribution in [0, 0.1) is 20.8 Å². The molecule has 4 heteroatoms. The van der Waals surface area contributed by atoms with Crippen molar-refractivity contribution in [3.05, 3.63) is 70.3 Å². The Hall–Kier alpha value is -2.46. The highest BCUT2D eigenvalue weighted by Crippen LogP contribution is 2.34. The Morgan fingerprint density at radius 2 is 1.75 bits per heavy atom. The lowest BCUT2D eigenvalue weighted by molar-refractivity contribution is -0.134. The second-order valence-corrected chi connectivity index (χ2v) is 8.14. The Kier molecular flexibility index (Phi) is 5.31. The molecule has 1 atom stereocenters. The summed E-state index contributed by atoms with van der Waals surface area (Å²) >= 11 is 0. The Morgan fingerprint density at radius 1 is 1.00 bits per heavy atom. The molecule has 2 aliphatic heterocycles. The number of aryl methyl sites for hydroxylation is 3. The number of carbonyl (C=O) groups is 1. The molecular formula is C24H29N3O. The fourth-order valence-electron chi connectivity index (χ4n) is 4.24. The normalized spacial score (nSPS) is 19.9. The standard InChI is InChI=1S/C24H29N3O/c1-17-10-11-20(14-19(17)3)22-15-23(21-9-5-4-8-18(21)2)27(25-22)24(28)16-26-12-6-7-13-26/h4-5,8-11,14,23H,6-7,12-13,15-16H2,1-3H3/t23-/m1/s1. The maximum Gasteiger partial charge on any atom is 0.257 e. The van der Waals surface area contributed by atoms with Crippen molar-refractivity contribution in [1.29, 1.82) is 0 Å². The summed E-state index contributed by atoms with van der Waals surface area (Å²) < 4.78 is 0. The third-order valence-corrected chi connectivity index (χ3v) is 6.11. The first kappa shape index (κ1) is 18.9. The van der Waals surface area contributed by atoms with Crippen LogP contribution >= 0.6 is 0 Å². The van der Waals surface area contributed by atoms with Crippen molar-refractivity contribution >= 4 is 11.6 Å². The van der Waals surface area contributed by atoms with Crippen molar-refractivity contribution in [2.24, 2.45) is 5.10 Å². The molecule has 0 spiro atoms. The molecule has 4 rings (SSSR count). The van der Waals surface area contributed by atoms with Gasteiger partial charge in [-0.3, -0.25) is 9.69 Å². The minimum absolute atomic E-state index is 0.0205. The van der Waals surface area contributed by atoms with E-state index in [1.807, 2.05) is 0 Å². The number of hydrogen-bond acceptors (Lipinski definition) is 3. The predicted molar refractivity (Wildman–Crippen MR) is 114 cm³/mol. The Morgan fingerprint density at radius 3 is 2.46 bits per heavy atom. The maximum atomic E-state index is 13.2. The van der Waals surface area contributed by atoms with Crippen molar-refractivity contribution < 1.29 is 4.79 Å². The molecule has 1 saturated heterocycles. The van der Waals surface area contributed by atoms with Crippen LogP contribution in [0.2, 0.25) is 0 Å². The topological polar surface area (TPSA) is 35.9 Å². The molecule has 0 radical (unpaired) electrons. The average molecular weight is 376 g/mol. The first-order chi connectivity index (χ1) is 13.5. The van der Waals surface area contributed by atoms with Gasteiger partial charge in [0.05, 0.1) is 18.3 Å². The van der Waals surface area contributed by atoms with Crippen molar-refractivity contribution in [1.82, 2.24) is 9.91 Å². The van der Waals surface area contributed by atoms with Crippen LogP contribution in [-0.2, 0) is 4.79 Å². The monoisotopic (exact) mass is 375 g/mol. The van der Waals surface area contributed by atoms with Crippen LogP contribution in [0.3, 0.4) is 0 Å². The van der Waals surface area contributed by atoms with E-state index in [0.29, 0.717) is 6.54 Å². The molecule has 146 valence electrons. The Balaban J connectivity index is 1.66. The molecular weight excluding hydrogens is 346 g/mol. The van der Waals surface area contributed by atoms with E-state index in [4.69, 9.17) is 5.10 Å². The van der Waals surface area contributed by atoms with E-state index in [-0.39, 0.29) is 11.9 Å². The highest BCUT2D eigenvalue weighted by Gasteiger charge is 2.34. The molecule has 28 heavy (non-hydrogen) atoms. The molecule has 0 saturated carbocycles. The third-order valence-electron chi connectivity index (χ3n) is 6.11. The van der Waals surface area contributed by atoms with Gasteiger partial charge in [0.15, 0.2) is 0 Å². The fourth-order valence-corrected chi connectivity index (χ4v) is 4.24. The van der Waals surface area contributed by atoms with E-state index < -0.39 is 0 Å². The van der Waals surface area contributed by atoms with Crippen LogP contribution in [-0.4, -0.2) is 41.2 Å². The summed E-state index contributed by atoms with van der Waals surface area (Å²) in [6.07, 6.45) is 3.14. The first-order valence-electron chi connectivity index (χ1n) is 10.3. The van der Waals surface area contributed by atoms with Crippen molar-refractivity contribution in [2.75, 3.05) is 19.6 Å². The van der Waals surface area contributed by atoms with Gasteiger partial charge in [-0.1, -0.05) is 36.4 Å². The van der Waals surface area contributed by atoms with Crippen molar-refractivity contribution in [3.63, 3.8) is 0 Å². The van der Waals surface area contributed by atoms with E-state index in [9.17, 15) is 4.79 Å². The van der Waals surface area contributed by atoms with Crippen LogP contribution < -0.4 is 0 Å². The number of amides is 1. The molecule has 0 N–H and O–H groups in total. The van der Waals surface area contributed by atoms with Gasteiger partial charge in [-0.15, -0.1) is 0 Å². The largest absolute Gasteiger partial charge is 0.294 e. The van der Waals surface area contributed by atoms with Crippen LogP contribution in [0.5, 0.6) is 0 Å². The second kappa shape index (κ2) is 7.88. The van der Waals surface area contributed by atoms with Crippen molar-refractivity contribution in [3.8, 4) is 0 Å². The summed E-state index contributed by atoms with van der Waals surface area (Å²) in [6, 6.07) is 14.8. The lowest BCUT2D eigenvalue weighted by Gasteiger charge is -2.25. The summed E-state index contributed by atoms with van der Waals surface area (Å²) in [5.41, 5.74) is 7.07. The van der Waals surface area contributed by atoms with E-state index >= 15 is 0 Å². The number of nitrogens with zero attached hydrogens (tertiary/aromatic N) is 3. The molecule has 1 fully saturated rings. The molecule has 0 bridgehead atoms. The SMILES string of the molecule is Cc1ccc(C2=NN(C(=O)CN3CCCC3)[C@@H](c3ccccc3C)C2)cc1C. The zero-order chi connectivity index (χ0) is 19.7. The van der Waals surface area contributed by atoms with Gasteiger partial charge in [-0.25, -0.2) is 5.01 Å². The predicted octanol–water partition coefficient (Wildman–Crippen LogP) is 4.39. The summed E-state index contributed by atoms with van der Waals surface area (Å²) in [5, 5.41) is 6.60. The zero-order valence-corrected chi connectivity index (χ0v) is 17.1. The minimum Gasteiger partial charge on any atom is -0.294 e. The zero-order valence-electron chi connectivity index (χ0n) is 17.1. The van der Waals surface area contributed by atoms with Crippen LogP contribution in [0.1, 0.15) is 53.1 Å². The molecule has 1 amide bonds. The van der Waals surface area contributed by atoms with E-state index in [1.165, 1.54) is 35.1 Å². The number of carbonyl (C=O) groups excluding carboxylic acids is 1. The van der Waals surface area contributed by atoms with Gasteiger partial charge in [0.1, 0.15) is 0 Å². The van der Waals surface area contributed by atoms with Gasteiger partial charge in [-0.2, -0.15) is 5.10 Å². The smallest absolute Gasteiger partial charge is 0.257 e. The number of hydrogen-bond donors (Lipinski definition) is 0. The highest BCUT2D eigenvalue weighted by molar-refractivity contribution is 6.03. The van der Waals surface area contributed by atoms with Gasteiger partial charge < -0.3 is 0 Å². The number of hydrazone groups is 1. The van der Waals surface area contributed by atoms with Crippen molar-refractivity contribution in [2.45, 2.75) is 46.1 Å². The molecule has 0 unspecified atom stereocenters. The molecule has 0 aromatic heterocycles. The summed E-state index contributed by atoms with van der Waals surface area (Å²) in [7, 11) is 0. The maximum absolute atomic E-state index is 13.2. The van der Waals surface area contributed by atoms with Gasteiger partial charge in [0.25, 0.3) is 5.91 Å². The lowest BCUT2D eigenvalue weighted by atomic mass is 9.94. The average Bonchev–Trinajstić information content (AvgIpc) is 3.34. The summed E-state index contributed by atoms with van der Waals surface area (Å²) in [4.78, 5) is 15.4. The lowest BCUT2D eigenvalue weighted by Crippen LogP contribution is -2.37. The van der Waals surface area contributed by atoms with E-state index in [1.54, 1.807) is 5.01 Å². The molecule has 2 heterocycles. The number of rotatable bonds is 4. The van der Waals surface area contributed by atoms with E-state index in [0.717, 1.165) is 30.8 Å². The first-order valence-corrected chi connectivity index (χ1v) is 10.3. The highest BCUT2D eigenvalue weighted by atomic mass is 16.2. The van der Waals surface area contributed by atoms with Crippen LogP contribution in [0.4, 0.5) is 0 Å². The Labute approximate surface area is 167 Å². The van der Waals surface area contributed by atoms with Crippen LogP contribution in [0.15, 0.2) is 47.6 Å². The summed E-state index contributed by atoms with van der Waals surface area (Å²) in [5.74, 6) is 0.106. The Bertz CT molecular complexity index is 912. The van der Waals surface area contributed by atoms with Gasteiger partial charge in [0, 0.05) is 6.42 Å². The van der Waals surface area contributed by atoms with Gasteiger partial charge in [-0.05, 0) is 80.6 Å².